The Morgan fingerprint density at radius 3 is 1.09 bits per heavy atom. The molecule has 7 heteroatoms. The second kappa shape index (κ2) is 28.4. The van der Waals surface area contributed by atoms with Gasteiger partial charge in [-0.15, -0.1) is 0 Å². The summed E-state index contributed by atoms with van der Waals surface area (Å²) in [5, 5.41) is 0. The van der Waals surface area contributed by atoms with E-state index in [2.05, 4.69) is 49.3 Å². The second-order valence-electron chi connectivity index (χ2n) is 10.3. The number of methoxy groups -OCH3 is 2. The van der Waals surface area contributed by atoms with Crippen molar-refractivity contribution in [3.8, 4) is 0 Å². The molecule has 35 heavy (non-hydrogen) atoms. The predicted molar refractivity (Wildman–Crippen MR) is 175 cm³/mol. The molecule has 0 aromatic rings. The van der Waals surface area contributed by atoms with Crippen LogP contribution in [-0.2, 0) is 9.47 Å². The maximum atomic E-state index is 6.07. The van der Waals surface area contributed by atoms with Crippen molar-refractivity contribution in [1.29, 1.82) is 0 Å². The van der Waals surface area contributed by atoms with Gasteiger partial charge in [0.2, 0.25) is 0 Å². The Labute approximate surface area is 236 Å². The fourth-order valence-electron chi connectivity index (χ4n) is 5.18. The SMILES string of the molecule is CCCCC[SiH](CCCCC)C(CCSSSCCC(OC)[SiH](CCCCC)CCCCC)OC. The Morgan fingerprint density at radius 2 is 0.829 bits per heavy atom. The molecular formula is C28H62O2S3Si2. The Hall–Kier alpha value is 1.40. The quantitative estimate of drug-likeness (QED) is 0.0517. The van der Waals surface area contributed by atoms with Gasteiger partial charge in [-0.3, -0.25) is 0 Å². The average molecular weight is 583 g/mol. The lowest BCUT2D eigenvalue weighted by molar-refractivity contribution is 0.157. The van der Waals surface area contributed by atoms with Gasteiger partial charge >= 0.3 is 0 Å². The Kier molecular flexibility index (Phi) is 29.6. The first-order valence-electron chi connectivity index (χ1n) is 15.1. The van der Waals surface area contributed by atoms with Crippen LogP contribution in [0.25, 0.3) is 0 Å². The molecule has 0 N–H and O–H groups in total. The number of rotatable bonds is 28. The van der Waals surface area contributed by atoms with E-state index in [0.29, 0.717) is 11.5 Å². The highest BCUT2D eigenvalue weighted by Gasteiger charge is 2.23. The molecular weight excluding hydrogens is 521 g/mol. The molecule has 0 saturated heterocycles. The highest BCUT2D eigenvalue weighted by Crippen LogP contribution is 2.36. The van der Waals surface area contributed by atoms with Gasteiger partial charge in [0.1, 0.15) is 0 Å². The second-order valence-corrected chi connectivity index (χ2v) is 21.6. The van der Waals surface area contributed by atoms with Crippen molar-refractivity contribution in [2.24, 2.45) is 0 Å². The van der Waals surface area contributed by atoms with Gasteiger partial charge in [0.05, 0.1) is 17.6 Å². The van der Waals surface area contributed by atoms with Crippen LogP contribution in [0.2, 0.25) is 24.2 Å². The summed E-state index contributed by atoms with van der Waals surface area (Å²) in [4.78, 5) is 0. The van der Waals surface area contributed by atoms with Crippen molar-refractivity contribution in [3.63, 3.8) is 0 Å². The largest absolute Gasteiger partial charge is 0.385 e. The minimum atomic E-state index is -0.795. The van der Waals surface area contributed by atoms with Gasteiger partial charge in [-0.25, -0.2) is 0 Å². The molecule has 0 spiro atoms. The maximum Gasteiger partial charge on any atom is 0.0717 e. The van der Waals surface area contributed by atoms with E-state index in [1.807, 2.05) is 24.0 Å². The average Bonchev–Trinajstić information content (AvgIpc) is 2.87. The van der Waals surface area contributed by atoms with Crippen molar-refractivity contribution in [2.45, 2.75) is 153 Å². The zero-order valence-electron chi connectivity index (χ0n) is 24.5. The van der Waals surface area contributed by atoms with Crippen molar-refractivity contribution in [2.75, 3.05) is 25.7 Å². The summed E-state index contributed by atoms with van der Waals surface area (Å²) >= 11 is 0. The Bertz CT molecular complexity index is 366. The molecule has 2 unspecified atom stereocenters. The Balaban J connectivity index is 4.31. The van der Waals surface area contributed by atoms with Crippen LogP contribution in [0.4, 0.5) is 0 Å². The monoisotopic (exact) mass is 582 g/mol. The van der Waals surface area contributed by atoms with Crippen LogP contribution in [0.15, 0.2) is 0 Å². The van der Waals surface area contributed by atoms with Crippen LogP contribution >= 0.6 is 31.4 Å². The normalized spacial score (nSPS) is 13.7. The van der Waals surface area contributed by atoms with Gasteiger partial charge in [-0.1, -0.05) is 151 Å². The van der Waals surface area contributed by atoms with Gasteiger partial charge in [0.15, 0.2) is 0 Å². The molecule has 0 bridgehead atoms. The molecule has 0 radical (unpaired) electrons. The molecule has 212 valence electrons. The fraction of sp³-hybridized carbons (Fsp3) is 1.00. The van der Waals surface area contributed by atoms with Crippen LogP contribution in [0.5, 0.6) is 0 Å². The summed E-state index contributed by atoms with van der Waals surface area (Å²) in [5.41, 5.74) is 1.16. The van der Waals surface area contributed by atoms with E-state index < -0.39 is 17.6 Å². The molecule has 0 aromatic carbocycles. The van der Waals surface area contributed by atoms with E-state index in [-0.39, 0.29) is 0 Å². The summed E-state index contributed by atoms with van der Waals surface area (Å²) in [6, 6.07) is 5.95. The third kappa shape index (κ3) is 21.0. The van der Waals surface area contributed by atoms with Gasteiger partial charge in [0.25, 0.3) is 0 Å². The molecule has 0 aliphatic heterocycles. The highest BCUT2D eigenvalue weighted by molar-refractivity contribution is 9.09. The third-order valence-corrected chi connectivity index (χ3v) is 19.7. The molecule has 2 nitrogen and oxygen atoms in total. The third-order valence-electron chi connectivity index (χ3n) is 7.44. The van der Waals surface area contributed by atoms with E-state index >= 15 is 0 Å². The number of hydrogen-bond donors (Lipinski definition) is 0. The lowest BCUT2D eigenvalue weighted by atomic mass is 10.3. The first-order chi connectivity index (χ1) is 17.2. The smallest absolute Gasteiger partial charge is 0.0717 e. The zero-order chi connectivity index (χ0) is 26.0. The minimum absolute atomic E-state index is 0.581. The zero-order valence-corrected chi connectivity index (χ0v) is 29.3. The molecule has 0 fully saturated rings. The van der Waals surface area contributed by atoms with E-state index in [0.717, 1.165) is 0 Å². The van der Waals surface area contributed by atoms with Gasteiger partial charge in [-0.05, 0) is 22.7 Å². The number of unbranched alkanes of at least 4 members (excludes halogenated alkanes) is 8. The number of ether oxygens (including phenoxy) is 2. The molecule has 0 amide bonds. The molecule has 0 saturated carbocycles. The topological polar surface area (TPSA) is 18.5 Å². The lowest BCUT2D eigenvalue weighted by Gasteiger charge is -2.25. The maximum absolute atomic E-state index is 6.07. The minimum Gasteiger partial charge on any atom is -0.385 e. The van der Waals surface area contributed by atoms with Crippen molar-refractivity contribution in [3.05, 3.63) is 0 Å². The first-order valence-corrected chi connectivity index (χ1v) is 23.6. The van der Waals surface area contributed by atoms with Crippen LogP contribution in [0.3, 0.4) is 0 Å². The van der Waals surface area contributed by atoms with Gasteiger partial charge < -0.3 is 9.47 Å². The van der Waals surface area contributed by atoms with Crippen LogP contribution < -0.4 is 0 Å². The van der Waals surface area contributed by atoms with E-state index in [9.17, 15) is 0 Å². The molecule has 0 aliphatic carbocycles. The van der Waals surface area contributed by atoms with Crippen molar-refractivity contribution >= 4 is 49.0 Å². The predicted octanol–water partition coefficient (Wildman–Crippen LogP) is 10.1. The molecule has 0 rings (SSSR count). The molecule has 2 atom stereocenters. The Morgan fingerprint density at radius 1 is 0.514 bits per heavy atom. The van der Waals surface area contributed by atoms with Crippen LogP contribution in [-0.4, -0.2) is 54.8 Å². The highest BCUT2D eigenvalue weighted by atomic mass is 33.5. The molecule has 0 aliphatic rings. The van der Waals surface area contributed by atoms with E-state index in [4.69, 9.17) is 9.47 Å². The molecule has 0 heterocycles. The summed E-state index contributed by atoms with van der Waals surface area (Å²) in [6.45, 7) is 9.29. The number of hydrogen-bond acceptors (Lipinski definition) is 5. The van der Waals surface area contributed by atoms with E-state index in [1.54, 1.807) is 0 Å². The standard InChI is InChI=1S/C28H62O2S3Si2/c1-7-11-15-23-34(24-16-12-8-2)27(29-5)19-21-31-33-32-22-20-28(30-6)35(25-17-13-9-3)26-18-14-10-4/h27-28,34-35H,7-26H2,1-6H3. The first kappa shape index (κ1) is 36.4. The lowest BCUT2D eigenvalue weighted by Crippen LogP contribution is -2.33. The summed E-state index contributed by atoms with van der Waals surface area (Å²) in [5.74, 6) is 2.47. The summed E-state index contributed by atoms with van der Waals surface area (Å²) < 4.78 is 12.1. The molecule has 0 aromatic heterocycles. The van der Waals surface area contributed by atoms with E-state index in [1.165, 1.54) is 126 Å². The fourth-order valence-corrected chi connectivity index (χ4v) is 16.9. The van der Waals surface area contributed by atoms with Crippen molar-refractivity contribution in [1.82, 2.24) is 0 Å². The van der Waals surface area contributed by atoms with Gasteiger partial charge in [-0.2, -0.15) is 0 Å². The summed E-state index contributed by atoms with van der Waals surface area (Å²) in [7, 11) is 8.51. The van der Waals surface area contributed by atoms with Crippen molar-refractivity contribution < 1.29 is 9.47 Å². The van der Waals surface area contributed by atoms with Crippen LogP contribution in [0, 0.1) is 0 Å². The van der Waals surface area contributed by atoms with Crippen LogP contribution in [0.1, 0.15) is 118 Å². The summed E-state index contributed by atoms with van der Waals surface area (Å²) in [6.07, 6.45) is 19.2. The van der Waals surface area contributed by atoms with Gasteiger partial charge in [0, 0.05) is 37.2 Å².